The summed E-state index contributed by atoms with van der Waals surface area (Å²) in [6, 6.07) is 10.6. The van der Waals surface area contributed by atoms with Crippen molar-refractivity contribution in [3.63, 3.8) is 0 Å². The van der Waals surface area contributed by atoms with Crippen LogP contribution in [-0.2, 0) is 20.4 Å². The molecular weight excluding hydrogens is 439 g/mol. The van der Waals surface area contributed by atoms with Crippen molar-refractivity contribution in [2.24, 2.45) is 0 Å². The lowest BCUT2D eigenvalue weighted by Crippen LogP contribution is -2.47. The minimum atomic E-state index is -4.50. The Kier molecular flexibility index (Phi) is 6.68. The van der Waals surface area contributed by atoms with Gasteiger partial charge in [-0.3, -0.25) is 14.5 Å². The second-order valence-electron chi connectivity index (χ2n) is 8.05. The van der Waals surface area contributed by atoms with Crippen LogP contribution in [0.1, 0.15) is 28.8 Å². The topological polar surface area (TPSA) is 79.9 Å². The molecule has 2 fully saturated rings. The first-order chi connectivity index (χ1) is 15.7. The van der Waals surface area contributed by atoms with E-state index in [0.717, 1.165) is 12.1 Å². The molecule has 0 aromatic heterocycles. The fourth-order valence-corrected chi connectivity index (χ4v) is 3.96. The minimum absolute atomic E-state index is 0.0300. The highest BCUT2D eigenvalue weighted by Gasteiger charge is 2.40. The molecule has 176 valence electrons. The highest BCUT2D eigenvalue weighted by atomic mass is 19.4. The van der Waals surface area contributed by atoms with E-state index >= 15 is 0 Å². The van der Waals surface area contributed by atoms with Gasteiger partial charge in [0.25, 0.3) is 5.91 Å². The van der Waals surface area contributed by atoms with Crippen LogP contribution < -0.4 is 10.6 Å². The Morgan fingerprint density at radius 1 is 0.939 bits per heavy atom. The first kappa shape index (κ1) is 23.2. The number of alkyl halides is 3. The fourth-order valence-electron chi connectivity index (χ4n) is 3.96. The summed E-state index contributed by atoms with van der Waals surface area (Å²) in [5.74, 6) is -1.31. The quantitative estimate of drug-likeness (QED) is 0.707. The predicted octanol–water partition coefficient (Wildman–Crippen LogP) is 3.74. The van der Waals surface area contributed by atoms with Gasteiger partial charge < -0.3 is 20.1 Å². The molecule has 33 heavy (non-hydrogen) atoms. The molecule has 0 bridgehead atoms. The number of halogens is 3. The Hall–Kier alpha value is -2.95. The van der Waals surface area contributed by atoms with E-state index < -0.39 is 23.4 Å². The average molecular weight is 463 g/mol. The number of benzene rings is 2. The molecule has 2 aromatic carbocycles. The van der Waals surface area contributed by atoms with Crippen LogP contribution in [0.4, 0.5) is 24.5 Å². The largest absolute Gasteiger partial charge is 0.416 e. The number of piperidine rings is 1. The van der Waals surface area contributed by atoms with Gasteiger partial charge in [0.15, 0.2) is 5.79 Å². The molecule has 2 N–H and O–H groups in total. The summed E-state index contributed by atoms with van der Waals surface area (Å²) >= 11 is 0. The Bertz CT molecular complexity index is 1010. The lowest BCUT2D eigenvalue weighted by molar-refractivity contribution is -0.185. The molecule has 0 radical (unpaired) electrons. The number of amides is 2. The molecule has 2 aliphatic rings. The van der Waals surface area contributed by atoms with E-state index in [4.69, 9.17) is 9.47 Å². The Balaban J connectivity index is 1.32. The summed E-state index contributed by atoms with van der Waals surface area (Å²) in [4.78, 5) is 27.0. The van der Waals surface area contributed by atoms with Crippen LogP contribution in [0.15, 0.2) is 48.5 Å². The summed E-state index contributed by atoms with van der Waals surface area (Å²) in [5.41, 5.74) is -0.188. The molecule has 10 heteroatoms. The number of nitrogens with zero attached hydrogens (tertiary/aromatic N) is 1. The smallest absolute Gasteiger partial charge is 0.347 e. The SMILES string of the molecule is O=C(CN1CCC2(CC1)OCCO2)Nc1cccc(C(=O)Nc2cccc(C(F)(F)F)c2)c1. The summed E-state index contributed by atoms with van der Waals surface area (Å²) in [6.45, 7) is 2.73. The number of rotatable bonds is 5. The number of nitrogens with one attached hydrogen (secondary N) is 2. The highest BCUT2D eigenvalue weighted by Crippen LogP contribution is 2.32. The molecule has 2 heterocycles. The van der Waals surface area contributed by atoms with Crippen LogP contribution in [0.3, 0.4) is 0 Å². The summed E-state index contributed by atoms with van der Waals surface area (Å²) in [7, 11) is 0. The number of ether oxygens (including phenoxy) is 2. The number of anilines is 2. The van der Waals surface area contributed by atoms with Gasteiger partial charge >= 0.3 is 6.18 Å². The lowest BCUT2D eigenvalue weighted by Gasteiger charge is -2.37. The van der Waals surface area contributed by atoms with E-state index in [2.05, 4.69) is 10.6 Å². The van der Waals surface area contributed by atoms with E-state index in [9.17, 15) is 22.8 Å². The van der Waals surface area contributed by atoms with Crippen molar-refractivity contribution in [2.75, 3.05) is 43.5 Å². The van der Waals surface area contributed by atoms with Crippen LogP contribution in [0.5, 0.6) is 0 Å². The number of hydrogen-bond acceptors (Lipinski definition) is 5. The molecule has 2 aromatic rings. The molecule has 1 spiro atoms. The van der Waals surface area contributed by atoms with Crippen LogP contribution >= 0.6 is 0 Å². The van der Waals surface area contributed by atoms with E-state index in [1.54, 1.807) is 12.1 Å². The number of carbonyl (C=O) groups is 2. The number of carbonyl (C=O) groups excluding carboxylic acids is 2. The monoisotopic (exact) mass is 463 g/mol. The van der Waals surface area contributed by atoms with E-state index in [1.807, 2.05) is 4.90 Å². The van der Waals surface area contributed by atoms with Crippen molar-refractivity contribution in [1.29, 1.82) is 0 Å². The van der Waals surface area contributed by atoms with Crippen molar-refractivity contribution < 1.29 is 32.2 Å². The van der Waals surface area contributed by atoms with E-state index in [-0.39, 0.29) is 23.7 Å². The van der Waals surface area contributed by atoms with Gasteiger partial charge in [0.2, 0.25) is 5.91 Å². The van der Waals surface area contributed by atoms with Gasteiger partial charge in [-0.1, -0.05) is 12.1 Å². The Morgan fingerprint density at radius 3 is 2.24 bits per heavy atom. The maximum Gasteiger partial charge on any atom is 0.416 e. The zero-order valence-electron chi connectivity index (χ0n) is 17.8. The van der Waals surface area contributed by atoms with Crippen LogP contribution in [0.2, 0.25) is 0 Å². The second-order valence-corrected chi connectivity index (χ2v) is 8.05. The summed E-state index contributed by atoms with van der Waals surface area (Å²) in [6.07, 6.45) is -3.10. The number of hydrogen-bond donors (Lipinski definition) is 2. The van der Waals surface area contributed by atoms with E-state index in [0.29, 0.717) is 44.8 Å². The third kappa shape index (κ3) is 5.89. The van der Waals surface area contributed by atoms with Gasteiger partial charge in [-0.25, -0.2) is 0 Å². The third-order valence-electron chi connectivity index (χ3n) is 5.65. The standard InChI is InChI=1S/C23H24F3N3O4/c24-23(25,26)17-4-2-6-19(14-17)28-21(31)16-3-1-5-18(13-16)27-20(30)15-29-9-7-22(8-10-29)32-11-12-33-22/h1-6,13-14H,7-12,15H2,(H,27,30)(H,28,31). The van der Waals surface area contributed by atoms with Crippen molar-refractivity contribution in [2.45, 2.75) is 24.8 Å². The van der Waals surface area contributed by atoms with Crippen LogP contribution in [0, 0.1) is 0 Å². The molecule has 0 unspecified atom stereocenters. The first-order valence-electron chi connectivity index (χ1n) is 10.6. The van der Waals surface area contributed by atoms with Crippen LogP contribution in [-0.4, -0.2) is 55.3 Å². The minimum Gasteiger partial charge on any atom is -0.347 e. The molecule has 0 atom stereocenters. The molecule has 4 rings (SSSR count). The fraction of sp³-hybridized carbons (Fsp3) is 0.391. The maximum absolute atomic E-state index is 12.9. The summed E-state index contributed by atoms with van der Waals surface area (Å²) in [5, 5.41) is 5.22. The first-order valence-corrected chi connectivity index (χ1v) is 10.6. The van der Waals surface area contributed by atoms with Gasteiger partial charge in [-0.05, 0) is 36.4 Å². The van der Waals surface area contributed by atoms with Crippen molar-refractivity contribution in [3.05, 3.63) is 59.7 Å². The Labute approximate surface area is 188 Å². The van der Waals surface area contributed by atoms with E-state index in [1.165, 1.54) is 24.3 Å². The Morgan fingerprint density at radius 2 is 1.58 bits per heavy atom. The lowest BCUT2D eigenvalue weighted by atomic mass is 10.0. The van der Waals surface area contributed by atoms with Gasteiger partial charge in [0.1, 0.15) is 0 Å². The zero-order chi connectivity index (χ0) is 23.5. The van der Waals surface area contributed by atoms with Gasteiger partial charge in [0, 0.05) is 42.9 Å². The van der Waals surface area contributed by atoms with Crippen molar-refractivity contribution >= 4 is 23.2 Å². The normalized spacial score (nSPS) is 18.3. The van der Waals surface area contributed by atoms with Crippen LogP contribution in [0.25, 0.3) is 0 Å². The molecule has 2 amide bonds. The maximum atomic E-state index is 12.9. The highest BCUT2D eigenvalue weighted by molar-refractivity contribution is 6.05. The second kappa shape index (κ2) is 9.50. The molecular formula is C23H24F3N3O4. The molecule has 7 nitrogen and oxygen atoms in total. The molecule has 0 aliphatic carbocycles. The predicted molar refractivity (Wildman–Crippen MR) is 115 cm³/mol. The molecule has 0 saturated carbocycles. The van der Waals surface area contributed by atoms with Crippen molar-refractivity contribution in [3.8, 4) is 0 Å². The van der Waals surface area contributed by atoms with Gasteiger partial charge in [0.05, 0.1) is 25.3 Å². The molecule has 2 aliphatic heterocycles. The number of likely N-dealkylation sites (tertiary alicyclic amines) is 1. The van der Waals surface area contributed by atoms with Crippen molar-refractivity contribution in [1.82, 2.24) is 4.90 Å². The van der Waals surface area contributed by atoms with Gasteiger partial charge in [-0.2, -0.15) is 13.2 Å². The zero-order valence-corrected chi connectivity index (χ0v) is 17.8. The summed E-state index contributed by atoms with van der Waals surface area (Å²) < 4.78 is 50.0. The third-order valence-corrected chi connectivity index (χ3v) is 5.65. The molecule has 2 saturated heterocycles. The average Bonchev–Trinajstić information content (AvgIpc) is 3.23. The van der Waals surface area contributed by atoms with Gasteiger partial charge in [-0.15, -0.1) is 0 Å².